The van der Waals surface area contributed by atoms with Crippen LogP contribution in [0, 0.1) is 5.92 Å². The van der Waals surface area contributed by atoms with Crippen LogP contribution in [0.2, 0.25) is 0 Å². The van der Waals surface area contributed by atoms with Gasteiger partial charge < -0.3 is 14.8 Å². The smallest absolute Gasteiger partial charge is 0.0713 e. The third kappa shape index (κ3) is 5.17. The minimum absolute atomic E-state index is 0.683. The molecule has 1 aromatic rings. The Labute approximate surface area is 109 Å². The zero-order chi connectivity index (χ0) is 12.6. The number of methoxy groups -OCH3 is 1. The van der Waals surface area contributed by atoms with Gasteiger partial charge in [-0.05, 0) is 29.9 Å². The molecule has 1 N–H and O–H groups in total. The fraction of sp³-hybridized carbons (Fsp3) is 0.600. The second-order valence-electron chi connectivity index (χ2n) is 4.94. The lowest BCUT2D eigenvalue weighted by Crippen LogP contribution is -2.19. The van der Waals surface area contributed by atoms with E-state index in [2.05, 4.69) is 29.6 Å². The molecule has 100 valence electrons. The van der Waals surface area contributed by atoms with Gasteiger partial charge in [0.05, 0.1) is 13.2 Å². The summed E-state index contributed by atoms with van der Waals surface area (Å²) in [6.45, 7) is 4.28. The minimum atomic E-state index is 0.683. The van der Waals surface area contributed by atoms with Crippen molar-refractivity contribution in [1.82, 2.24) is 5.32 Å². The normalized spacial score (nSPS) is 14.9. The maximum absolute atomic E-state index is 5.57. The zero-order valence-corrected chi connectivity index (χ0v) is 11.2. The fourth-order valence-corrected chi connectivity index (χ4v) is 1.83. The van der Waals surface area contributed by atoms with E-state index in [1.54, 1.807) is 7.11 Å². The summed E-state index contributed by atoms with van der Waals surface area (Å²) in [5.41, 5.74) is 2.52. The molecule has 0 spiro atoms. The first-order valence-corrected chi connectivity index (χ1v) is 6.73. The van der Waals surface area contributed by atoms with Crippen molar-refractivity contribution in [1.29, 1.82) is 0 Å². The quantitative estimate of drug-likeness (QED) is 0.681. The molecule has 1 aliphatic carbocycles. The number of benzene rings is 1. The van der Waals surface area contributed by atoms with Gasteiger partial charge in [0.1, 0.15) is 0 Å². The van der Waals surface area contributed by atoms with Crippen LogP contribution in [0.4, 0.5) is 0 Å². The van der Waals surface area contributed by atoms with Gasteiger partial charge in [-0.25, -0.2) is 0 Å². The van der Waals surface area contributed by atoms with Gasteiger partial charge in [-0.3, -0.25) is 0 Å². The summed E-state index contributed by atoms with van der Waals surface area (Å²) in [5, 5.41) is 3.39. The Balaban J connectivity index is 1.54. The van der Waals surface area contributed by atoms with Crippen molar-refractivity contribution >= 4 is 0 Å². The van der Waals surface area contributed by atoms with E-state index in [0.29, 0.717) is 6.61 Å². The van der Waals surface area contributed by atoms with Gasteiger partial charge >= 0.3 is 0 Å². The highest BCUT2D eigenvalue weighted by Gasteiger charge is 2.20. The van der Waals surface area contributed by atoms with Crippen molar-refractivity contribution in [2.24, 2.45) is 5.92 Å². The predicted molar refractivity (Wildman–Crippen MR) is 72.4 cm³/mol. The van der Waals surface area contributed by atoms with Crippen LogP contribution in [0.1, 0.15) is 24.0 Å². The van der Waals surface area contributed by atoms with Gasteiger partial charge in [-0.15, -0.1) is 0 Å². The Morgan fingerprint density at radius 3 is 2.56 bits per heavy atom. The minimum Gasteiger partial charge on any atom is -0.380 e. The first-order chi connectivity index (χ1) is 8.88. The van der Waals surface area contributed by atoms with Crippen molar-refractivity contribution in [2.75, 3.05) is 26.9 Å². The maximum Gasteiger partial charge on any atom is 0.0713 e. The van der Waals surface area contributed by atoms with E-state index in [1.807, 2.05) is 0 Å². The van der Waals surface area contributed by atoms with Gasteiger partial charge in [-0.2, -0.15) is 0 Å². The Kier molecular flexibility index (Phi) is 5.65. The van der Waals surface area contributed by atoms with E-state index in [9.17, 15) is 0 Å². The van der Waals surface area contributed by atoms with Crippen LogP contribution in [0.5, 0.6) is 0 Å². The first kappa shape index (κ1) is 13.5. The summed E-state index contributed by atoms with van der Waals surface area (Å²) in [7, 11) is 1.72. The van der Waals surface area contributed by atoms with E-state index in [-0.39, 0.29) is 0 Å². The highest BCUT2D eigenvalue weighted by atomic mass is 16.5. The highest BCUT2D eigenvalue weighted by molar-refractivity contribution is 5.21. The van der Waals surface area contributed by atoms with Crippen LogP contribution in [-0.4, -0.2) is 26.9 Å². The fourth-order valence-electron chi connectivity index (χ4n) is 1.83. The molecular weight excluding hydrogens is 226 g/mol. The molecule has 0 amide bonds. The van der Waals surface area contributed by atoms with Crippen molar-refractivity contribution in [2.45, 2.75) is 26.0 Å². The summed E-state index contributed by atoms with van der Waals surface area (Å²) in [4.78, 5) is 0. The number of hydrogen-bond donors (Lipinski definition) is 1. The average Bonchev–Trinajstić information content (AvgIpc) is 3.20. The lowest BCUT2D eigenvalue weighted by Gasteiger charge is -2.07. The number of nitrogens with one attached hydrogen (secondary N) is 1. The molecular formula is C15H23NO2. The second kappa shape index (κ2) is 7.52. The van der Waals surface area contributed by atoms with E-state index < -0.39 is 0 Å². The molecule has 1 fully saturated rings. The summed E-state index contributed by atoms with van der Waals surface area (Å²) in [5.74, 6) is 0.860. The molecule has 1 aromatic carbocycles. The summed E-state index contributed by atoms with van der Waals surface area (Å²) in [6, 6.07) is 8.52. The van der Waals surface area contributed by atoms with Crippen LogP contribution < -0.4 is 5.32 Å². The molecule has 0 bridgehead atoms. The summed E-state index contributed by atoms with van der Waals surface area (Å²) < 4.78 is 10.7. The van der Waals surface area contributed by atoms with E-state index in [4.69, 9.17) is 9.47 Å². The van der Waals surface area contributed by atoms with Crippen LogP contribution in [0.15, 0.2) is 24.3 Å². The molecule has 0 radical (unpaired) electrons. The third-order valence-electron chi connectivity index (χ3n) is 3.14. The molecule has 0 aliphatic heterocycles. The van der Waals surface area contributed by atoms with E-state index in [0.717, 1.165) is 32.2 Å². The van der Waals surface area contributed by atoms with Gasteiger partial charge in [-0.1, -0.05) is 24.3 Å². The number of hydrogen-bond acceptors (Lipinski definition) is 3. The Hall–Kier alpha value is -0.900. The Morgan fingerprint density at radius 2 is 1.89 bits per heavy atom. The van der Waals surface area contributed by atoms with Crippen molar-refractivity contribution in [3.63, 3.8) is 0 Å². The van der Waals surface area contributed by atoms with Gasteiger partial charge in [0.15, 0.2) is 0 Å². The van der Waals surface area contributed by atoms with Crippen molar-refractivity contribution in [3.8, 4) is 0 Å². The summed E-state index contributed by atoms with van der Waals surface area (Å²) >= 11 is 0. The maximum atomic E-state index is 5.57. The molecule has 0 heterocycles. The summed E-state index contributed by atoms with van der Waals surface area (Å²) in [6.07, 6.45) is 2.72. The topological polar surface area (TPSA) is 30.5 Å². The lowest BCUT2D eigenvalue weighted by atomic mass is 10.1. The van der Waals surface area contributed by atoms with Gasteiger partial charge in [0.25, 0.3) is 0 Å². The van der Waals surface area contributed by atoms with Crippen LogP contribution >= 0.6 is 0 Å². The van der Waals surface area contributed by atoms with Gasteiger partial charge in [0, 0.05) is 26.8 Å². The first-order valence-electron chi connectivity index (χ1n) is 6.73. The SMILES string of the molecule is COCc1ccc(CNCCOCC2CC2)cc1. The molecule has 3 nitrogen and oxygen atoms in total. The average molecular weight is 249 g/mol. The van der Waals surface area contributed by atoms with Crippen LogP contribution in [-0.2, 0) is 22.6 Å². The molecule has 0 saturated heterocycles. The second-order valence-corrected chi connectivity index (χ2v) is 4.94. The largest absolute Gasteiger partial charge is 0.380 e. The number of rotatable bonds is 9. The Morgan fingerprint density at radius 1 is 1.17 bits per heavy atom. The van der Waals surface area contributed by atoms with Crippen molar-refractivity contribution < 1.29 is 9.47 Å². The molecule has 1 saturated carbocycles. The standard InChI is InChI=1S/C15H23NO2/c1-17-11-14-4-2-13(3-5-14)10-16-8-9-18-12-15-6-7-15/h2-5,15-16H,6-12H2,1H3. The van der Waals surface area contributed by atoms with Crippen molar-refractivity contribution in [3.05, 3.63) is 35.4 Å². The van der Waals surface area contributed by atoms with Crippen LogP contribution in [0.3, 0.4) is 0 Å². The third-order valence-corrected chi connectivity index (χ3v) is 3.14. The molecule has 1 aliphatic rings. The van der Waals surface area contributed by atoms with Crippen LogP contribution in [0.25, 0.3) is 0 Å². The predicted octanol–water partition coefficient (Wildman–Crippen LogP) is 2.35. The molecule has 0 atom stereocenters. The highest BCUT2D eigenvalue weighted by Crippen LogP contribution is 2.28. The number of ether oxygens (including phenoxy) is 2. The van der Waals surface area contributed by atoms with E-state index in [1.165, 1.54) is 24.0 Å². The monoisotopic (exact) mass is 249 g/mol. The molecule has 0 aromatic heterocycles. The molecule has 18 heavy (non-hydrogen) atoms. The molecule has 2 rings (SSSR count). The molecule has 3 heteroatoms. The van der Waals surface area contributed by atoms with E-state index >= 15 is 0 Å². The Bertz CT molecular complexity index is 333. The molecule has 0 unspecified atom stereocenters. The zero-order valence-electron chi connectivity index (χ0n) is 11.2. The lowest BCUT2D eigenvalue weighted by molar-refractivity contribution is 0.126. The van der Waals surface area contributed by atoms with Gasteiger partial charge in [0.2, 0.25) is 0 Å².